The first-order valence-electron chi connectivity index (χ1n) is 4.26. The van der Waals surface area contributed by atoms with Crippen molar-refractivity contribution in [3.05, 3.63) is 10.0 Å². The maximum Gasteiger partial charge on any atom is 0.247 e. The zero-order chi connectivity index (χ0) is 10.2. The second-order valence-corrected chi connectivity index (χ2v) is 6.28. The summed E-state index contributed by atoms with van der Waals surface area (Å²) in [5, 5.41) is 3.33. The standard InChI is InChI=1S/C7H10BrN3O2S/c8-6-5-10-7(14(6,12)13)11-3-1-9-2-4-11/h5,9H,1-4H2. The van der Waals surface area contributed by atoms with Gasteiger partial charge in [0.2, 0.25) is 15.0 Å². The highest BCUT2D eigenvalue weighted by atomic mass is 79.9. The minimum atomic E-state index is -3.34. The van der Waals surface area contributed by atoms with Crippen molar-refractivity contribution in [1.29, 1.82) is 0 Å². The van der Waals surface area contributed by atoms with E-state index < -0.39 is 9.84 Å². The maximum atomic E-state index is 11.7. The summed E-state index contributed by atoms with van der Waals surface area (Å²) in [6, 6.07) is 0. The predicted octanol–water partition coefficient (Wildman–Crippen LogP) is -0.130. The summed E-state index contributed by atoms with van der Waals surface area (Å²) in [5.74, 6) is 0. The number of aliphatic imine (C=N–C) groups is 1. The summed E-state index contributed by atoms with van der Waals surface area (Å²) >= 11 is 2.98. The van der Waals surface area contributed by atoms with Gasteiger partial charge in [-0.2, -0.15) is 0 Å². The second-order valence-electron chi connectivity index (χ2n) is 3.09. The summed E-state index contributed by atoms with van der Waals surface area (Å²) in [5.41, 5.74) is 0. The lowest BCUT2D eigenvalue weighted by Crippen LogP contribution is -2.48. The fraction of sp³-hybridized carbons (Fsp3) is 0.571. The van der Waals surface area contributed by atoms with Crippen molar-refractivity contribution in [2.24, 2.45) is 4.99 Å². The van der Waals surface area contributed by atoms with Crippen molar-refractivity contribution in [1.82, 2.24) is 10.2 Å². The first-order valence-corrected chi connectivity index (χ1v) is 6.54. The van der Waals surface area contributed by atoms with Crippen molar-refractivity contribution >= 4 is 30.9 Å². The monoisotopic (exact) mass is 279 g/mol. The quantitative estimate of drug-likeness (QED) is 0.671. The topological polar surface area (TPSA) is 61.8 Å². The number of sulfone groups is 1. The fourth-order valence-electron chi connectivity index (χ4n) is 1.44. The number of rotatable bonds is 0. The number of piperazine rings is 1. The van der Waals surface area contributed by atoms with E-state index in [1.54, 1.807) is 4.90 Å². The Kier molecular flexibility index (Phi) is 2.63. The summed E-state index contributed by atoms with van der Waals surface area (Å²) in [4.78, 5) is 5.70. The fourth-order valence-corrected chi connectivity index (χ4v) is 3.06. The van der Waals surface area contributed by atoms with Gasteiger partial charge in [0, 0.05) is 26.2 Å². The van der Waals surface area contributed by atoms with Crippen LogP contribution in [0.15, 0.2) is 15.0 Å². The van der Waals surface area contributed by atoms with Crippen LogP contribution in [0.1, 0.15) is 0 Å². The molecule has 5 nitrogen and oxygen atoms in total. The largest absolute Gasteiger partial charge is 0.344 e. The molecule has 1 saturated heterocycles. The molecule has 0 spiro atoms. The van der Waals surface area contributed by atoms with Crippen molar-refractivity contribution < 1.29 is 8.42 Å². The van der Waals surface area contributed by atoms with Crippen LogP contribution < -0.4 is 5.32 Å². The molecule has 0 aromatic heterocycles. The Hall–Kier alpha value is -0.400. The van der Waals surface area contributed by atoms with Gasteiger partial charge in [-0.1, -0.05) is 0 Å². The van der Waals surface area contributed by atoms with Gasteiger partial charge in [0.25, 0.3) is 0 Å². The summed E-state index contributed by atoms with van der Waals surface area (Å²) in [6.45, 7) is 2.97. The molecule has 2 aliphatic heterocycles. The molecule has 2 heterocycles. The molecule has 0 aromatic carbocycles. The number of halogens is 1. The predicted molar refractivity (Wildman–Crippen MR) is 57.8 cm³/mol. The molecule has 78 valence electrons. The van der Waals surface area contributed by atoms with Gasteiger partial charge >= 0.3 is 0 Å². The minimum absolute atomic E-state index is 0.151. The Balaban J connectivity index is 2.22. The van der Waals surface area contributed by atoms with Crippen LogP contribution in [0.4, 0.5) is 0 Å². The molecule has 0 radical (unpaired) electrons. The Morgan fingerprint density at radius 1 is 1.43 bits per heavy atom. The van der Waals surface area contributed by atoms with E-state index in [4.69, 9.17) is 0 Å². The van der Waals surface area contributed by atoms with E-state index in [1.807, 2.05) is 0 Å². The van der Waals surface area contributed by atoms with E-state index in [9.17, 15) is 8.42 Å². The van der Waals surface area contributed by atoms with Crippen LogP contribution in [0.5, 0.6) is 0 Å². The molecule has 0 aliphatic carbocycles. The molecule has 0 unspecified atom stereocenters. The van der Waals surface area contributed by atoms with Crippen LogP contribution in [0.2, 0.25) is 0 Å². The van der Waals surface area contributed by atoms with E-state index in [0.717, 1.165) is 13.1 Å². The van der Waals surface area contributed by atoms with Crippen molar-refractivity contribution in [3.8, 4) is 0 Å². The van der Waals surface area contributed by atoms with Gasteiger partial charge in [0.15, 0.2) is 0 Å². The normalized spacial score (nSPS) is 25.9. The number of amidine groups is 1. The molecule has 0 bridgehead atoms. The molecule has 2 aliphatic rings. The van der Waals surface area contributed by atoms with Crippen LogP contribution >= 0.6 is 15.9 Å². The molecule has 0 atom stereocenters. The third-order valence-corrected chi connectivity index (χ3v) is 5.11. The van der Waals surface area contributed by atoms with Gasteiger partial charge in [-0.3, -0.25) is 0 Å². The van der Waals surface area contributed by atoms with E-state index in [2.05, 4.69) is 26.2 Å². The van der Waals surface area contributed by atoms with E-state index in [-0.39, 0.29) is 8.98 Å². The van der Waals surface area contributed by atoms with Gasteiger partial charge in [-0.15, -0.1) is 0 Å². The highest BCUT2D eigenvalue weighted by Gasteiger charge is 2.32. The van der Waals surface area contributed by atoms with Gasteiger partial charge in [-0.05, 0) is 15.9 Å². The lowest BCUT2D eigenvalue weighted by Gasteiger charge is -2.28. The lowest BCUT2D eigenvalue weighted by molar-refractivity contribution is 0.361. The molecular weight excluding hydrogens is 270 g/mol. The molecule has 2 rings (SSSR count). The van der Waals surface area contributed by atoms with E-state index in [0.29, 0.717) is 13.1 Å². The molecule has 1 fully saturated rings. The van der Waals surface area contributed by atoms with Gasteiger partial charge in [0.1, 0.15) is 3.81 Å². The molecular formula is C7H10BrN3O2S. The average Bonchev–Trinajstić information content (AvgIpc) is 2.44. The van der Waals surface area contributed by atoms with Crippen LogP contribution in [0.25, 0.3) is 0 Å². The van der Waals surface area contributed by atoms with E-state index in [1.165, 1.54) is 6.20 Å². The summed E-state index contributed by atoms with van der Waals surface area (Å²) in [6.07, 6.45) is 1.34. The molecule has 7 heteroatoms. The third-order valence-electron chi connectivity index (χ3n) is 2.16. The first-order chi connectivity index (χ1) is 6.62. The number of hydrogen-bond acceptors (Lipinski definition) is 5. The second kappa shape index (κ2) is 3.63. The Morgan fingerprint density at radius 2 is 2.07 bits per heavy atom. The molecule has 0 saturated carbocycles. The Morgan fingerprint density at radius 3 is 2.57 bits per heavy atom. The number of nitrogens with zero attached hydrogens (tertiary/aromatic N) is 2. The Bertz CT molecular complexity index is 395. The van der Waals surface area contributed by atoms with Gasteiger partial charge in [0.05, 0.1) is 6.20 Å². The van der Waals surface area contributed by atoms with Crippen molar-refractivity contribution in [3.63, 3.8) is 0 Å². The smallest absolute Gasteiger partial charge is 0.247 e. The zero-order valence-corrected chi connectivity index (χ0v) is 9.81. The SMILES string of the molecule is O=S1(=O)C(Br)=CN=C1N1CCNCC1. The summed E-state index contributed by atoms with van der Waals surface area (Å²) in [7, 11) is -3.34. The molecule has 1 N–H and O–H groups in total. The van der Waals surface area contributed by atoms with E-state index >= 15 is 0 Å². The van der Waals surface area contributed by atoms with Crippen LogP contribution in [0, 0.1) is 0 Å². The molecule has 14 heavy (non-hydrogen) atoms. The zero-order valence-electron chi connectivity index (χ0n) is 7.40. The summed E-state index contributed by atoms with van der Waals surface area (Å²) < 4.78 is 23.5. The average molecular weight is 280 g/mol. The van der Waals surface area contributed by atoms with Crippen LogP contribution in [-0.4, -0.2) is 44.7 Å². The van der Waals surface area contributed by atoms with Crippen molar-refractivity contribution in [2.75, 3.05) is 26.2 Å². The minimum Gasteiger partial charge on any atom is -0.344 e. The third kappa shape index (κ3) is 1.59. The van der Waals surface area contributed by atoms with Gasteiger partial charge in [-0.25, -0.2) is 13.4 Å². The highest BCUT2D eigenvalue weighted by Crippen LogP contribution is 2.24. The van der Waals surface area contributed by atoms with Crippen LogP contribution in [-0.2, 0) is 9.84 Å². The maximum absolute atomic E-state index is 11.7. The van der Waals surface area contributed by atoms with Crippen LogP contribution in [0.3, 0.4) is 0 Å². The highest BCUT2D eigenvalue weighted by molar-refractivity contribution is 9.14. The number of hydrogen-bond donors (Lipinski definition) is 1. The van der Waals surface area contributed by atoms with Crippen molar-refractivity contribution in [2.45, 2.75) is 0 Å². The molecule has 0 aromatic rings. The van der Waals surface area contributed by atoms with Gasteiger partial charge < -0.3 is 10.2 Å². The number of nitrogens with one attached hydrogen (secondary N) is 1. The first kappa shape index (κ1) is 10.1. The lowest BCUT2D eigenvalue weighted by atomic mass is 10.4. The molecule has 0 amide bonds. The Labute approximate surface area is 90.9 Å².